The van der Waals surface area contributed by atoms with Crippen LogP contribution in [0.1, 0.15) is 16.7 Å². The Balaban J connectivity index is 1.48. The number of thioether (sulfide) groups is 1. The molecular formula is C24H23N5S. The first-order valence-electron chi connectivity index (χ1n) is 9.83. The van der Waals surface area contributed by atoms with Crippen LogP contribution in [0.3, 0.4) is 0 Å². The van der Waals surface area contributed by atoms with Gasteiger partial charge < -0.3 is 10.6 Å². The summed E-state index contributed by atoms with van der Waals surface area (Å²) in [6.45, 7) is 1.32. The van der Waals surface area contributed by atoms with Crippen molar-refractivity contribution in [3.05, 3.63) is 108 Å². The summed E-state index contributed by atoms with van der Waals surface area (Å²) < 4.78 is 0. The van der Waals surface area contributed by atoms with Crippen molar-refractivity contribution in [3.8, 4) is 0 Å². The Bertz CT molecular complexity index is 894. The summed E-state index contributed by atoms with van der Waals surface area (Å²) in [6, 6.07) is 30.8. The number of hydrogen-bond acceptors (Lipinski definition) is 6. The summed E-state index contributed by atoms with van der Waals surface area (Å²) in [7, 11) is 0. The highest BCUT2D eigenvalue weighted by Gasteiger charge is 2.08. The molecule has 1 aromatic heterocycles. The summed E-state index contributed by atoms with van der Waals surface area (Å²) in [5, 5.41) is 7.34. The molecule has 0 aliphatic rings. The van der Waals surface area contributed by atoms with Gasteiger partial charge in [0.1, 0.15) is 0 Å². The van der Waals surface area contributed by atoms with Gasteiger partial charge in [-0.1, -0.05) is 103 Å². The minimum atomic E-state index is 0.569. The molecule has 0 aliphatic heterocycles. The molecule has 30 heavy (non-hydrogen) atoms. The van der Waals surface area contributed by atoms with E-state index in [4.69, 9.17) is 0 Å². The summed E-state index contributed by atoms with van der Waals surface area (Å²) in [4.78, 5) is 13.8. The van der Waals surface area contributed by atoms with E-state index in [9.17, 15) is 0 Å². The Morgan fingerprint density at radius 3 is 1.43 bits per heavy atom. The molecule has 1 heterocycles. The van der Waals surface area contributed by atoms with Gasteiger partial charge in [-0.05, 0) is 16.7 Å². The first kappa shape index (κ1) is 19.9. The van der Waals surface area contributed by atoms with Gasteiger partial charge >= 0.3 is 0 Å². The SMILES string of the molecule is c1ccc(CNc2nc(NCc3ccccc3)nc(SCc3ccccc3)n2)cc1. The van der Waals surface area contributed by atoms with E-state index >= 15 is 0 Å². The lowest BCUT2D eigenvalue weighted by atomic mass is 10.2. The maximum absolute atomic E-state index is 4.61. The number of rotatable bonds is 9. The molecule has 0 aliphatic carbocycles. The predicted molar refractivity (Wildman–Crippen MR) is 123 cm³/mol. The van der Waals surface area contributed by atoms with Gasteiger partial charge in [0.2, 0.25) is 11.9 Å². The summed E-state index contributed by atoms with van der Waals surface area (Å²) in [5.74, 6) is 1.95. The van der Waals surface area contributed by atoms with E-state index in [1.54, 1.807) is 11.8 Å². The van der Waals surface area contributed by atoms with Crippen LogP contribution < -0.4 is 10.6 Å². The van der Waals surface area contributed by atoms with Crippen molar-refractivity contribution in [3.63, 3.8) is 0 Å². The topological polar surface area (TPSA) is 62.7 Å². The van der Waals surface area contributed by atoms with E-state index in [1.165, 1.54) is 16.7 Å². The van der Waals surface area contributed by atoms with Gasteiger partial charge in [-0.25, -0.2) is 0 Å². The zero-order valence-electron chi connectivity index (χ0n) is 16.5. The second-order valence-electron chi connectivity index (χ2n) is 6.72. The molecule has 3 aromatic carbocycles. The molecular weight excluding hydrogens is 390 g/mol. The van der Waals surface area contributed by atoms with Crippen molar-refractivity contribution in [1.29, 1.82) is 0 Å². The number of nitrogens with one attached hydrogen (secondary N) is 2. The van der Waals surface area contributed by atoms with Crippen LogP contribution in [-0.4, -0.2) is 15.0 Å². The van der Waals surface area contributed by atoms with Crippen molar-refractivity contribution in [2.24, 2.45) is 0 Å². The van der Waals surface area contributed by atoms with E-state index in [0.717, 1.165) is 5.75 Å². The lowest BCUT2D eigenvalue weighted by molar-refractivity contribution is 0.884. The standard InChI is InChI=1S/C24H23N5S/c1-4-10-19(11-5-1)16-25-22-27-23(26-17-20-12-6-2-7-13-20)29-24(28-22)30-18-21-14-8-3-9-15-21/h1-15H,16-18H2,(H2,25,26,27,28,29). The lowest BCUT2D eigenvalue weighted by Gasteiger charge is -2.10. The van der Waals surface area contributed by atoms with Crippen LogP contribution in [0.25, 0.3) is 0 Å². The second kappa shape index (κ2) is 10.4. The Hall–Kier alpha value is -3.38. The third-order valence-corrected chi connectivity index (χ3v) is 5.33. The molecule has 2 N–H and O–H groups in total. The number of anilines is 2. The Morgan fingerprint density at radius 2 is 0.967 bits per heavy atom. The predicted octanol–water partition coefficient (Wildman–Crippen LogP) is 5.39. The van der Waals surface area contributed by atoms with E-state index < -0.39 is 0 Å². The van der Waals surface area contributed by atoms with E-state index in [2.05, 4.69) is 62.0 Å². The van der Waals surface area contributed by atoms with Crippen LogP contribution in [0.2, 0.25) is 0 Å². The zero-order chi connectivity index (χ0) is 20.4. The molecule has 5 nitrogen and oxygen atoms in total. The first-order valence-corrected chi connectivity index (χ1v) is 10.8. The van der Waals surface area contributed by atoms with Crippen molar-refractivity contribution in [2.45, 2.75) is 24.0 Å². The van der Waals surface area contributed by atoms with E-state index in [1.807, 2.05) is 54.6 Å². The third-order valence-electron chi connectivity index (χ3n) is 4.41. The van der Waals surface area contributed by atoms with Crippen LogP contribution in [0.15, 0.2) is 96.2 Å². The van der Waals surface area contributed by atoms with Gasteiger partial charge in [0.25, 0.3) is 0 Å². The fraction of sp³-hybridized carbons (Fsp3) is 0.125. The fourth-order valence-corrected chi connectivity index (χ4v) is 3.65. The van der Waals surface area contributed by atoms with Crippen molar-refractivity contribution in [2.75, 3.05) is 10.6 Å². The van der Waals surface area contributed by atoms with Crippen LogP contribution in [0.5, 0.6) is 0 Å². The van der Waals surface area contributed by atoms with E-state index in [0.29, 0.717) is 30.1 Å². The van der Waals surface area contributed by atoms with Gasteiger partial charge in [0.15, 0.2) is 5.16 Å². The van der Waals surface area contributed by atoms with Crippen LogP contribution in [0.4, 0.5) is 11.9 Å². The number of nitrogens with zero attached hydrogens (tertiary/aromatic N) is 3. The van der Waals surface area contributed by atoms with Crippen LogP contribution >= 0.6 is 11.8 Å². The molecule has 0 fully saturated rings. The normalized spacial score (nSPS) is 10.5. The van der Waals surface area contributed by atoms with Crippen molar-refractivity contribution in [1.82, 2.24) is 15.0 Å². The molecule has 0 saturated carbocycles. The van der Waals surface area contributed by atoms with Gasteiger partial charge in [-0.3, -0.25) is 0 Å². The Morgan fingerprint density at radius 1 is 0.533 bits per heavy atom. The summed E-state index contributed by atoms with van der Waals surface area (Å²) in [6.07, 6.45) is 0. The average Bonchev–Trinajstić information content (AvgIpc) is 2.82. The molecule has 0 atom stereocenters. The summed E-state index contributed by atoms with van der Waals surface area (Å²) >= 11 is 1.60. The fourth-order valence-electron chi connectivity index (χ4n) is 2.86. The van der Waals surface area contributed by atoms with Crippen molar-refractivity contribution < 1.29 is 0 Å². The van der Waals surface area contributed by atoms with Crippen LogP contribution in [-0.2, 0) is 18.8 Å². The Kier molecular flexibility index (Phi) is 6.91. The lowest BCUT2D eigenvalue weighted by Crippen LogP contribution is -2.10. The molecule has 150 valence electrons. The van der Waals surface area contributed by atoms with Crippen LogP contribution in [0, 0.1) is 0 Å². The highest BCUT2D eigenvalue weighted by atomic mass is 32.2. The monoisotopic (exact) mass is 413 g/mol. The molecule has 0 spiro atoms. The number of benzene rings is 3. The highest BCUT2D eigenvalue weighted by Crippen LogP contribution is 2.21. The summed E-state index contributed by atoms with van der Waals surface area (Å²) in [5.41, 5.74) is 3.59. The first-order chi connectivity index (χ1) is 14.8. The highest BCUT2D eigenvalue weighted by molar-refractivity contribution is 7.98. The molecule has 0 amide bonds. The maximum atomic E-state index is 4.61. The molecule has 4 aromatic rings. The van der Waals surface area contributed by atoms with Gasteiger partial charge in [-0.15, -0.1) is 0 Å². The largest absolute Gasteiger partial charge is 0.350 e. The van der Waals surface area contributed by atoms with Gasteiger partial charge in [0.05, 0.1) is 0 Å². The van der Waals surface area contributed by atoms with Gasteiger partial charge in [-0.2, -0.15) is 15.0 Å². The molecule has 0 bridgehead atoms. The zero-order valence-corrected chi connectivity index (χ0v) is 17.3. The second-order valence-corrected chi connectivity index (χ2v) is 7.66. The molecule has 0 saturated heterocycles. The molecule has 6 heteroatoms. The minimum absolute atomic E-state index is 0.569. The average molecular weight is 414 g/mol. The number of aromatic nitrogens is 3. The molecule has 0 radical (unpaired) electrons. The quantitative estimate of drug-likeness (QED) is 0.359. The van der Waals surface area contributed by atoms with Gasteiger partial charge in [0, 0.05) is 18.8 Å². The Labute approximate surface area is 181 Å². The third kappa shape index (κ3) is 6.06. The molecule has 4 rings (SSSR count). The molecule has 0 unspecified atom stereocenters. The number of hydrogen-bond donors (Lipinski definition) is 2. The van der Waals surface area contributed by atoms with Crippen molar-refractivity contribution >= 4 is 23.7 Å². The maximum Gasteiger partial charge on any atom is 0.228 e. The smallest absolute Gasteiger partial charge is 0.228 e. The van der Waals surface area contributed by atoms with E-state index in [-0.39, 0.29) is 0 Å². The minimum Gasteiger partial charge on any atom is -0.350 e.